The summed E-state index contributed by atoms with van der Waals surface area (Å²) in [5.74, 6) is 0.598. The van der Waals surface area contributed by atoms with Crippen LogP contribution in [0.1, 0.15) is 12.8 Å². The summed E-state index contributed by atoms with van der Waals surface area (Å²) >= 11 is 1.70. The zero-order valence-corrected chi connectivity index (χ0v) is 12.3. The van der Waals surface area contributed by atoms with Crippen molar-refractivity contribution in [3.8, 4) is 0 Å². The highest BCUT2D eigenvalue weighted by molar-refractivity contribution is 7.98. The molecule has 2 amide bonds. The number of hydrogen-bond donors (Lipinski definition) is 2. The van der Waals surface area contributed by atoms with Crippen molar-refractivity contribution in [3.63, 3.8) is 0 Å². The lowest BCUT2D eigenvalue weighted by atomic mass is 10.2. The molecule has 1 rings (SSSR count). The molecule has 0 spiro atoms. The Morgan fingerprint density at radius 1 is 1.26 bits per heavy atom. The van der Waals surface area contributed by atoms with Crippen LogP contribution in [-0.2, 0) is 9.59 Å². The van der Waals surface area contributed by atoms with E-state index in [1.54, 1.807) is 11.8 Å². The average molecular weight is 288 g/mol. The van der Waals surface area contributed by atoms with Gasteiger partial charge in [0.2, 0.25) is 11.8 Å². The number of nitrogens with two attached hydrogens (primary N) is 2. The van der Waals surface area contributed by atoms with Crippen LogP contribution in [0.2, 0.25) is 0 Å². The predicted octanol–water partition coefficient (Wildman–Crippen LogP) is -0.914. The van der Waals surface area contributed by atoms with Crippen molar-refractivity contribution in [2.24, 2.45) is 11.5 Å². The first-order valence-electron chi connectivity index (χ1n) is 6.58. The molecule has 0 saturated carbocycles. The van der Waals surface area contributed by atoms with E-state index in [2.05, 4.69) is 0 Å². The average Bonchev–Trinajstić information content (AvgIpc) is 2.60. The van der Waals surface area contributed by atoms with Gasteiger partial charge in [-0.25, -0.2) is 0 Å². The van der Waals surface area contributed by atoms with Crippen LogP contribution < -0.4 is 11.5 Å². The van der Waals surface area contributed by atoms with E-state index in [1.165, 1.54) is 0 Å². The Morgan fingerprint density at radius 3 is 2.63 bits per heavy atom. The molecule has 1 saturated heterocycles. The van der Waals surface area contributed by atoms with Crippen molar-refractivity contribution < 1.29 is 9.59 Å². The fraction of sp³-hybridized carbons (Fsp3) is 0.833. The molecular weight excluding hydrogens is 264 g/mol. The maximum atomic E-state index is 12.2. The first-order chi connectivity index (χ1) is 9.04. The van der Waals surface area contributed by atoms with Crippen LogP contribution in [0.25, 0.3) is 0 Å². The lowest BCUT2D eigenvalue weighted by Crippen LogP contribution is -2.45. The molecule has 1 heterocycles. The molecule has 0 aliphatic carbocycles. The molecule has 0 bridgehead atoms. The molecular formula is C12H24N4O2S. The quantitative estimate of drug-likeness (QED) is 0.660. The van der Waals surface area contributed by atoms with Crippen LogP contribution in [0.4, 0.5) is 0 Å². The fourth-order valence-corrected chi connectivity index (χ4v) is 2.66. The van der Waals surface area contributed by atoms with E-state index in [4.69, 9.17) is 11.5 Å². The number of amides is 2. The van der Waals surface area contributed by atoms with Gasteiger partial charge >= 0.3 is 0 Å². The topological polar surface area (TPSA) is 92.7 Å². The Morgan fingerprint density at radius 2 is 2.00 bits per heavy atom. The summed E-state index contributed by atoms with van der Waals surface area (Å²) in [5, 5.41) is 0. The van der Waals surface area contributed by atoms with Gasteiger partial charge in [-0.2, -0.15) is 11.8 Å². The number of rotatable bonds is 6. The molecule has 110 valence electrons. The first kappa shape index (κ1) is 16.3. The van der Waals surface area contributed by atoms with Gasteiger partial charge < -0.3 is 16.4 Å². The number of carbonyl (C=O) groups is 2. The van der Waals surface area contributed by atoms with E-state index >= 15 is 0 Å². The molecule has 1 aliphatic rings. The lowest BCUT2D eigenvalue weighted by molar-refractivity contribution is -0.132. The van der Waals surface area contributed by atoms with Crippen molar-refractivity contribution >= 4 is 23.6 Å². The van der Waals surface area contributed by atoms with Gasteiger partial charge in [-0.05, 0) is 24.9 Å². The first-order valence-corrected chi connectivity index (χ1v) is 7.98. The largest absolute Gasteiger partial charge is 0.369 e. The van der Waals surface area contributed by atoms with Gasteiger partial charge in [0.05, 0.1) is 12.6 Å². The Kier molecular flexibility index (Phi) is 7.19. The van der Waals surface area contributed by atoms with Crippen molar-refractivity contribution in [3.05, 3.63) is 0 Å². The Balaban J connectivity index is 2.43. The van der Waals surface area contributed by atoms with Crippen LogP contribution in [-0.4, -0.2) is 72.4 Å². The highest BCUT2D eigenvalue weighted by atomic mass is 32.2. The molecule has 0 aromatic rings. The van der Waals surface area contributed by atoms with Crippen LogP contribution in [0.15, 0.2) is 0 Å². The number of carbonyl (C=O) groups excluding carboxylic acids is 2. The van der Waals surface area contributed by atoms with Crippen LogP contribution in [0.5, 0.6) is 0 Å². The molecule has 19 heavy (non-hydrogen) atoms. The van der Waals surface area contributed by atoms with Gasteiger partial charge in [-0.3, -0.25) is 14.5 Å². The third-order valence-electron chi connectivity index (χ3n) is 3.23. The summed E-state index contributed by atoms with van der Waals surface area (Å²) in [6.07, 6.45) is 3.57. The van der Waals surface area contributed by atoms with Crippen molar-refractivity contribution in [1.82, 2.24) is 9.80 Å². The van der Waals surface area contributed by atoms with E-state index in [0.29, 0.717) is 26.1 Å². The summed E-state index contributed by atoms with van der Waals surface area (Å²) < 4.78 is 0. The number of hydrogen-bond acceptors (Lipinski definition) is 5. The molecule has 1 fully saturated rings. The minimum absolute atomic E-state index is 0.0231. The molecule has 1 atom stereocenters. The predicted molar refractivity (Wildman–Crippen MR) is 77.8 cm³/mol. The molecule has 4 N–H and O–H groups in total. The van der Waals surface area contributed by atoms with Gasteiger partial charge in [-0.15, -0.1) is 0 Å². The summed E-state index contributed by atoms with van der Waals surface area (Å²) in [7, 11) is 0. The molecule has 0 unspecified atom stereocenters. The van der Waals surface area contributed by atoms with Gasteiger partial charge in [0.25, 0.3) is 0 Å². The zero-order chi connectivity index (χ0) is 14.3. The Labute approximate surface area is 118 Å². The second-order valence-electron chi connectivity index (χ2n) is 4.81. The zero-order valence-electron chi connectivity index (χ0n) is 11.5. The van der Waals surface area contributed by atoms with E-state index in [9.17, 15) is 9.59 Å². The molecule has 0 aromatic carbocycles. The number of primary amides is 1. The summed E-state index contributed by atoms with van der Waals surface area (Å²) in [6, 6.07) is -0.407. The third kappa shape index (κ3) is 5.80. The fourth-order valence-electron chi connectivity index (χ4n) is 2.17. The molecule has 1 aliphatic heterocycles. The maximum Gasteiger partial charge on any atom is 0.239 e. The summed E-state index contributed by atoms with van der Waals surface area (Å²) in [5.41, 5.74) is 11.1. The normalized spacial score (nSPS) is 18.9. The lowest BCUT2D eigenvalue weighted by Gasteiger charge is -2.24. The van der Waals surface area contributed by atoms with Gasteiger partial charge in [-0.1, -0.05) is 0 Å². The van der Waals surface area contributed by atoms with E-state index in [-0.39, 0.29) is 18.4 Å². The Hall–Kier alpha value is -0.790. The van der Waals surface area contributed by atoms with Gasteiger partial charge in [0.15, 0.2) is 0 Å². The second-order valence-corrected chi connectivity index (χ2v) is 5.79. The number of nitrogens with zero attached hydrogens (tertiary/aromatic N) is 2. The maximum absolute atomic E-state index is 12.2. The van der Waals surface area contributed by atoms with Gasteiger partial charge in [0.1, 0.15) is 0 Å². The van der Waals surface area contributed by atoms with E-state index in [1.807, 2.05) is 16.1 Å². The van der Waals surface area contributed by atoms with Crippen LogP contribution in [0.3, 0.4) is 0 Å². The summed E-state index contributed by atoms with van der Waals surface area (Å²) in [6.45, 7) is 3.08. The SMILES string of the molecule is CSCC[C@@H](N)C(=O)N1CCCN(CC(N)=O)CC1. The minimum Gasteiger partial charge on any atom is -0.369 e. The third-order valence-corrected chi connectivity index (χ3v) is 3.87. The van der Waals surface area contributed by atoms with E-state index in [0.717, 1.165) is 18.7 Å². The molecule has 6 nitrogen and oxygen atoms in total. The van der Waals surface area contributed by atoms with Gasteiger partial charge in [0, 0.05) is 26.2 Å². The van der Waals surface area contributed by atoms with Crippen molar-refractivity contribution in [2.75, 3.05) is 44.7 Å². The standard InChI is InChI=1S/C12H24N4O2S/c1-19-8-3-10(13)12(18)16-5-2-4-15(6-7-16)9-11(14)17/h10H,2-9,13H2,1H3,(H2,14,17)/t10-/m1/s1. The number of thioether (sulfide) groups is 1. The summed E-state index contributed by atoms with van der Waals surface area (Å²) in [4.78, 5) is 26.9. The van der Waals surface area contributed by atoms with Crippen LogP contribution >= 0.6 is 11.8 Å². The Bertz CT molecular complexity index is 314. The smallest absolute Gasteiger partial charge is 0.239 e. The minimum atomic E-state index is -0.407. The van der Waals surface area contributed by atoms with Crippen LogP contribution in [0, 0.1) is 0 Å². The molecule has 7 heteroatoms. The van der Waals surface area contributed by atoms with E-state index < -0.39 is 6.04 Å². The molecule has 0 radical (unpaired) electrons. The van der Waals surface area contributed by atoms with Crippen molar-refractivity contribution in [1.29, 1.82) is 0 Å². The van der Waals surface area contributed by atoms with Crippen molar-refractivity contribution in [2.45, 2.75) is 18.9 Å². The molecule has 0 aromatic heterocycles. The highest BCUT2D eigenvalue weighted by Gasteiger charge is 2.23. The highest BCUT2D eigenvalue weighted by Crippen LogP contribution is 2.07. The second kappa shape index (κ2) is 8.39. The monoisotopic (exact) mass is 288 g/mol.